The molecule has 0 amide bonds. The van der Waals surface area contributed by atoms with Crippen molar-refractivity contribution < 1.29 is 47.6 Å². The number of unbranched alkanes of at least 4 members (excludes halogenated alkanes) is 13. The van der Waals surface area contributed by atoms with E-state index in [1.165, 1.54) is 51.4 Å². The SMILES string of the molecule is CCCCCCCCCCCCCC(CC(O)CCCCCC)S(=O)(=O)[O-].[Na+]. The van der Waals surface area contributed by atoms with Gasteiger partial charge in [0.15, 0.2) is 0 Å². The quantitative estimate of drug-likeness (QED) is 0.183. The van der Waals surface area contributed by atoms with Gasteiger partial charge in [-0.2, -0.15) is 0 Å². The molecule has 0 aliphatic rings. The molecule has 164 valence electrons. The van der Waals surface area contributed by atoms with Gasteiger partial charge in [0.25, 0.3) is 0 Å². The third-order valence-electron chi connectivity index (χ3n) is 5.46. The zero-order valence-corrected chi connectivity index (χ0v) is 21.8. The Kier molecular flexibility index (Phi) is 23.4. The number of hydrogen-bond acceptors (Lipinski definition) is 4. The third kappa shape index (κ3) is 20.2. The summed E-state index contributed by atoms with van der Waals surface area (Å²) < 4.78 is 34.5. The van der Waals surface area contributed by atoms with Gasteiger partial charge >= 0.3 is 29.6 Å². The average molecular weight is 429 g/mol. The van der Waals surface area contributed by atoms with E-state index in [-0.39, 0.29) is 36.0 Å². The largest absolute Gasteiger partial charge is 1.00 e. The minimum Gasteiger partial charge on any atom is -0.748 e. The van der Waals surface area contributed by atoms with Crippen LogP contribution in [-0.2, 0) is 10.1 Å². The smallest absolute Gasteiger partial charge is 0.748 e. The van der Waals surface area contributed by atoms with Gasteiger partial charge in [-0.3, -0.25) is 0 Å². The monoisotopic (exact) mass is 428 g/mol. The Labute approximate surface area is 197 Å². The van der Waals surface area contributed by atoms with Gasteiger partial charge < -0.3 is 9.66 Å². The Morgan fingerprint density at radius 3 is 1.46 bits per heavy atom. The molecule has 0 aromatic heterocycles. The first-order valence-corrected chi connectivity index (χ1v) is 13.0. The van der Waals surface area contributed by atoms with Crippen LogP contribution in [0.15, 0.2) is 0 Å². The van der Waals surface area contributed by atoms with Gasteiger partial charge in [-0.1, -0.05) is 110 Å². The second-order valence-corrected chi connectivity index (χ2v) is 9.83. The summed E-state index contributed by atoms with van der Waals surface area (Å²) in [6.07, 6.45) is 17.9. The van der Waals surface area contributed by atoms with Crippen LogP contribution < -0.4 is 29.6 Å². The summed E-state index contributed by atoms with van der Waals surface area (Å²) >= 11 is 0. The molecule has 4 nitrogen and oxygen atoms in total. The van der Waals surface area contributed by atoms with Crippen molar-refractivity contribution in [3.8, 4) is 0 Å². The summed E-state index contributed by atoms with van der Waals surface area (Å²) in [5.74, 6) is 0. The molecule has 6 heteroatoms. The topological polar surface area (TPSA) is 77.4 Å². The van der Waals surface area contributed by atoms with Crippen molar-refractivity contribution in [3.63, 3.8) is 0 Å². The van der Waals surface area contributed by atoms with Crippen LogP contribution in [0, 0.1) is 0 Å². The van der Waals surface area contributed by atoms with E-state index < -0.39 is 21.5 Å². The first-order chi connectivity index (χ1) is 12.9. The molecule has 0 heterocycles. The van der Waals surface area contributed by atoms with Crippen molar-refractivity contribution >= 4 is 10.1 Å². The molecule has 28 heavy (non-hydrogen) atoms. The van der Waals surface area contributed by atoms with Crippen LogP contribution in [0.5, 0.6) is 0 Å². The maximum atomic E-state index is 11.5. The zero-order valence-electron chi connectivity index (χ0n) is 19.0. The van der Waals surface area contributed by atoms with Crippen LogP contribution in [0.3, 0.4) is 0 Å². The molecule has 0 aliphatic carbocycles. The molecule has 0 saturated carbocycles. The van der Waals surface area contributed by atoms with Crippen LogP contribution in [0.1, 0.15) is 129 Å². The van der Waals surface area contributed by atoms with Gasteiger partial charge in [-0.15, -0.1) is 0 Å². The molecule has 0 aromatic carbocycles. The van der Waals surface area contributed by atoms with E-state index >= 15 is 0 Å². The van der Waals surface area contributed by atoms with E-state index in [9.17, 15) is 18.1 Å². The Morgan fingerprint density at radius 1 is 0.679 bits per heavy atom. The van der Waals surface area contributed by atoms with Crippen LogP contribution in [0.25, 0.3) is 0 Å². The minimum absolute atomic E-state index is 0. The molecule has 2 unspecified atom stereocenters. The van der Waals surface area contributed by atoms with Crippen molar-refractivity contribution in [1.82, 2.24) is 0 Å². The molecule has 0 saturated heterocycles. The van der Waals surface area contributed by atoms with Gasteiger partial charge in [0.05, 0.1) is 21.5 Å². The van der Waals surface area contributed by atoms with E-state index in [1.807, 2.05) is 0 Å². The summed E-state index contributed by atoms with van der Waals surface area (Å²) in [4.78, 5) is 0. The molecular formula is C22H45NaO4S. The fourth-order valence-corrected chi connectivity index (χ4v) is 4.56. The van der Waals surface area contributed by atoms with Crippen molar-refractivity contribution in [3.05, 3.63) is 0 Å². The predicted molar refractivity (Wildman–Crippen MR) is 114 cm³/mol. The molecule has 0 aromatic rings. The number of aliphatic hydroxyl groups is 1. The van der Waals surface area contributed by atoms with Gasteiger partial charge in [0, 0.05) is 0 Å². The third-order valence-corrected chi connectivity index (χ3v) is 6.71. The number of hydrogen-bond donors (Lipinski definition) is 1. The molecule has 0 aliphatic heterocycles. The minimum atomic E-state index is -4.32. The molecular weight excluding hydrogens is 383 g/mol. The van der Waals surface area contributed by atoms with Crippen molar-refractivity contribution in [2.75, 3.05) is 0 Å². The van der Waals surface area contributed by atoms with Crippen molar-refractivity contribution in [2.24, 2.45) is 0 Å². The zero-order chi connectivity index (χ0) is 20.4. The van der Waals surface area contributed by atoms with E-state index in [1.54, 1.807) is 0 Å². The molecule has 0 spiro atoms. The number of rotatable bonds is 20. The van der Waals surface area contributed by atoms with Gasteiger partial charge in [0.2, 0.25) is 0 Å². The van der Waals surface area contributed by atoms with E-state index in [0.29, 0.717) is 12.8 Å². The average Bonchev–Trinajstić information content (AvgIpc) is 2.61. The van der Waals surface area contributed by atoms with Gasteiger partial charge in [0.1, 0.15) is 0 Å². The maximum absolute atomic E-state index is 11.5. The Balaban J connectivity index is 0. The molecule has 0 bridgehead atoms. The maximum Gasteiger partial charge on any atom is 1.00 e. The fraction of sp³-hybridized carbons (Fsp3) is 1.00. The summed E-state index contributed by atoms with van der Waals surface area (Å²) in [5, 5.41) is 9.14. The van der Waals surface area contributed by atoms with E-state index in [2.05, 4.69) is 13.8 Å². The molecule has 0 radical (unpaired) electrons. The van der Waals surface area contributed by atoms with Crippen LogP contribution >= 0.6 is 0 Å². The Bertz CT molecular complexity index is 415. The number of aliphatic hydroxyl groups excluding tert-OH is 1. The molecule has 0 fully saturated rings. The fourth-order valence-electron chi connectivity index (χ4n) is 3.64. The molecule has 0 rings (SSSR count). The first-order valence-electron chi connectivity index (χ1n) is 11.5. The molecule has 2 atom stereocenters. The van der Waals surface area contributed by atoms with Crippen LogP contribution in [0.4, 0.5) is 0 Å². The Morgan fingerprint density at radius 2 is 1.04 bits per heavy atom. The Hall–Kier alpha value is 0.870. The van der Waals surface area contributed by atoms with Crippen LogP contribution in [0.2, 0.25) is 0 Å². The van der Waals surface area contributed by atoms with Gasteiger partial charge in [-0.05, 0) is 19.3 Å². The standard InChI is InChI=1S/C22H46O4S.Na/c1-3-5-7-9-10-11-12-13-14-15-17-19-22(27(24,25)26)20-21(23)18-16-8-6-4-2;/h21-23H,3-20H2,1-2H3,(H,24,25,26);/q;+1/p-1. The normalized spacial score (nSPS) is 13.9. The summed E-state index contributed by atoms with van der Waals surface area (Å²) in [6, 6.07) is 0. The van der Waals surface area contributed by atoms with Crippen molar-refractivity contribution in [1.29, 1.82) is 0 Å². The molecule has 1 N–H and O–H groups in total. The van der Waals surface area contributed by atoms with E-state index in [0.717, 1.165) is 44.9 Å². The van der Waals surface area contributed by atoms with Crippen molar-refractivity contribution in [2.45, 2.75) is 141 Å². The second kappa shape index (κ2) is 21.1. The first kappa shape index (κ1) is 31.1. The predicted octanol–water partition coefficient (Wildman–Crippen LogP) is 3.33. The van der Waals surface area contributed by atoms with Gasteiger partial charge in [-0.25, -0.2) is 8.42 Å². The van der Waals surface area contributed by atoms with E-state index in [4.69, 9.17) is 0 Å². The van der Waals surface area contributed by atoms with Crippen LogP contribution in [-0.4, -0.2) is 29.4 Å². The summed E-state index contributed by atoms with van der Waals surface area (Å²) in [6.45, 7) is 4.36. The summed E-state index contributed by atoms with van der Waals surface area (Å²) in [5.41, 5.74) is 0. The second-order valence-electron chi connectivity index (χ2n) is 8.18. The summed E-state index contributed by atoms with van der Waals surface area (Å²) in [7, 11) is -4.32.